The van der Waals surface area contributed by atoms with Crippen LogP contribution in [0.5, 0.6) is 0 Å². The van der Waals surface area contributed by atoms with Crippen molar-refractivity contribution in [3.05, 3.63) is 36.3 Å². The zero-order chi connectivity index (χ0) is 18.8. The maximum atomic E-state index is 12.5. The predicted molar refractivity (Wildman–Crippen MR) is 99.5 cm³/mol. The number of fused-ring (bicyclic) bond motifs is 1. The van der Waals surface area contributed by atoms with E-state index in [-0.39, 0.29) is 28.6 Å². The quantitative estimate of drug-likeness (QED) is 0.419. The summed E-state index contributed by atoms with van der Waals surface area (Å²) >= 11 is 0. The highest BCUT2D eigenvalue weighted by atomic mass is 16.5. The molecule has 2 aliphatic carbocycles. The molecule has 2 aliphatic rings. The Morgan fingerprint density at radius 2 is 2.27 bits per heavy atom. The van der Waals surface area contributed by atoms with E-state index in [1.807, 2.05) is 6.07 Å². The van der Waals surface area contributed by atoms with E-state index in [1.165, 1.54) is 24.3 Å². The largest absolute Gasteiger partial charge is 0.472 e. The van der Waals surface area contributed by atoms with Crippen LogP contribution in [0.15, 0.2) is 35.2 Å². The van der Waals surface area contributed by atoms with Gasteiger partial charge in [-0.2, -0.15) is 0 Å². The van der Waals surface area contributed by atoms with Crippen LogP contribution in [0.3, 0.4) is 0 Å². The standard InChI is InChI=1S/C22H30O4/c1-16-5-8-20-21(3,15-26-17(2)24)10-4-11-22(20,14-23)19(16)7-6-18-9-12-25-13-18/h9,12-14,19-20H,1,4-8,10-11,15H2,2-3H3/t19-,20-,21+,22-/m1/s1. The summed E-state index contributed by atoms with van der Waals surface area (Å²) in [5.74, 6) is 0.177. The Hall–Kier alpha value is -1.84. The monoisotopic (exact) mass is 358 g/mol. The molecule has 1 heterocycles. The third-order valence-corrected chi connectivity index (χ3v) is 6.87. The predicted octanol–water partition coefficient (Wildman–Crippen LogP) is 4.73. The van der Waals surface area contributed by atoms with Gasteiger partial charge in [-0.15, -0.1) is 0 Å². The summed E-state index contributed by atoms with van der Waals surface area (Å²) < 4.78 is 10.6. The zero-order valence-electron chi connectivity index (χ0n) is 16.0. The summed E-state index contributed by atoms with van der Waals surface area (Å²) in [6, 6.07) is 1.99. The Labute approximate surface area is 156 Å². The van der Waals surface area contributed by atoms with Crippen LogP contribution in [0.25, 0.3) is 0 Å². The average molecular weight is 358 g/mol. The van der Waals surface area contributed by atoms with E-state index in [2.05, 4.69) is 13.5 Å². The second-order valence-corrected chi connectivity index (χ2v) is 8.49. The molecule has 0 bridgehead atoms. The summed E-state index contributed by atoms with van der Waals surface area (Å²) in [6.45, 7) is 8.39. The molecule has 0 saturated heterocycles. The molecule has 0 amide bonds. The number of rotatable bonds is 6. The fourth-order valence-electron chi connectivity index (χ4n) is 5.60. The molecular formula is C22H30O4. The summed E-state index contributed by atoms with van der Waals surface area (Å²) in [6.07, 6.45) is 11.3. The Balaban J connectivity index is 1.86. The maximum absolute atomic E-state index is 12.5. The molecule has 2 saturated carbocycles. The number of hydrogen-bond donors (Lipinski definition) is 0. The number of carbonyl (C=O) groups excluding carboxylic acids is 2. The van der Waals surface area contributed by atoms with Gasteiger partial charge in [0.25, 0.3) is 0 Å². The van der Waals surface area contributed by atoms with Gasteiger partial charge in [-0.25, -0.2) is 0 Å². The minimum atomic E-state index is -0.383. The van der Waals surface area contributed by atoms with Crippen molar-refractivity contribution >= 4 is 12.3 Å². The summed E-state index contributed by atoms with van der Waals surface area (Å²) in [4.78, 5) is 23.9. The van der Waals surface area contributed by atoms with Gasteiger partial charge in [-0.3, -0.25) is 4.79 Å². The van der Waals surface area contributed by atoms with E-state index in [4.69, 9.17) is 9.15 Å². The van der Waals surface area contributed by atoms with Crippen molar-refractivity contribution in [1.82, 2.24) is 0 Å². The number of furan rings is 1. The number of hydrogen-bond acceptors (Lipinski definition) is 4. The molecule has 0 aliphatic heterocycles. The van der Waals surface area contributed by atoms with Crippen molar-refractivity contribution in [1.29, 1.82) is 0 Å². The first-order valence-corrected chi connectivity index (χ1v) is 9.70. The third-order valence-electron chi connectivity index (χ3n) is 6.87. The molecule has 26 heavy (non-hydrogen) atoms. The zero-order valence-corrected chi connectivity index (χ0v) is 16.0. The molecule has 0 radical (unpaired) electrons. The SMILES string of the molecule is C=C1CC[C@@H]2[C@](C)(COC(C)=O)CCC[C@@]2(C=O)[C@@H]1CCc1ccoc1. The van der Waals surface area contributed by atoms with Gasteiger partial charge in [0.05, 0.1) is 19.1 Å². The minimum absolute atomic E-state index is 0.139. The average Bonchev–Trinajstić information content (AvgIpc) is 3.13. The Morgan fingerprint density at radius 1 is 1.46 bits per heavy atom. The van der Waals surface area contributed by atoms with Crippen LogP contribution in [-0.2, 0) is 20.7 Å². The van der Waals surface area contributed by atoms with E-state index in [9.17, 15) is 9.59 Å². The van der Waals surface area contributed by atoms with Gasteiger partial charge in [0.1, 0.15) is 6.29 Å². The van der Waals surface area contributed by atoms with E-state index in [0.29, 0.717) is 6.61 Å². The van der Waals surface area contributed by atoms with Gasteiger partial charge in [0.15, 0.2) is 0 Å². The highest BCUT2D eigenvalue weighted by molar-refractivity contribution is 5.66. The lowest BCUT2D eigenvalue weighted by molar-refractivity contribution is -0.156. The lowest BCUT2D eigenvalue weighted by Crippen LogP contribution is -2.54. The molecule has 0 spiro atoms. The molecule has 4 atom stereocenters. The van der Waals surface area contributed by atoms with Crippen LogP contribution in [0.1, 0.15) is 57.9 Å². The summed E-state index contributed by atoms with van der Waals surface area (Å²) in [7, 11) is 0. The van der Waals surface area contributed by atoms with Crippen LogP contribution in [0.4, 0.5) is 0 Å². The normalized spacial score (nSPS) is 34.2. The maximum Gasteiger partial charge on any atom is 0.302 e. The number of ether oxygens (including phenoxy) is 1. The molecule has 142 valence electrons. The van der Waals surface area contributed by atoms with Crippen LogP contribution in [0.2, 0.25) is 0 Å². The molecule has 0 N–H and O–H groups in total. The smallest absolute Gasteiger partial charge is 0.302 e. The van der Waals surface area contributed by atoms with Crippen LogP contribution in [0, 0.1) is 22.7 Å². The van der Waals surface area contributed by atoms with E-state index in [0.717, 1.165) is 44.9 Å². The topological polar surface area (TPSA) is 56.5 Å². The second-order valence-electron chi connectivity index (χ2n) is 8.49. The summed E-state index contributed by atoms with van der Waals surface area (Å²) in [5.41, 5.74) is 1.85. The van der Waals surface area contributed by atoms with Gasteiger partial charge in [0, 0.05) is 17.8 Å². The molecule has 1 aromatic heterocycles. The Bertz CT molecular complexity index is 662. The molecule has 0 unspecified atom stereocenters. The molecule has 0 aromatic carbocycles. The lowest BCUT2D eigenvalue weighted by Gasteiger charge is -2.57. The van der Waals surface area contributed by atoms with Crippen molar-refractivity contribution in [2.75, 3.05) is 6.61 Å². The Morgan fingerprint density at radius 3 is 2.92 bits per heavy atom. The highest BCUT2D eigenvalue weighted by Crippen LogP contribution is 2.61. The first-order chi connectivity index (χ1) is 12.4. The second kappa shape index (κ2) is 7.42. The number of aryl methyl sites for hydroxylation is 1. The van der Waals surface area contributed by atoms with Crippen molar-refractivity contribution in [2.45, 2.75) is 58.8 Å². The van der Waals surface area contributed by atoms with E-state index >= 15 is 0 Å². The fourth-order valence-corrected chi connectivity index (χ4v) is 5.60. The van der Waals surface area contributed by atoms with E-state index in [1.54, 1.807) is 12.5 Å². The van der Waals surface area contributed by atoms with Gasteiger partial charge in [-0.05, 0) is 62.0 Å². The van der Waals surface area contributed by atoms with Crippen LogP contribution < -0.4 is 0 Å². The molecule has 4 heteroatoms. The van der Waals surface area contributed by atoms with Crippen molar-refractivity contribution in [3.63, 3.8) is 0 Å². The van der Waals surface area contributed by atoms with Gasteiger partial charge in [0.2, 0.25) is 0 Å². The fraction of sp³-hybridized carbons (Fsp3) is 0.636. The van der Waals surface area contributed by atoms with Crippen molar-refractivity contribution in [2.24, 2.45) is 22.7 Å². The van der Waals surface area contributed by atoms with Crippen LogP contribution >= 0.6 is 0 Å². The summed E-state index contributed by atoms with van der Waals surface area (Å²) in [5, 5.41) is 0. The first-order valence-electron chi connectivity index (χ1n) is 9.70. The van der Waals surface area contributed by atoms with Gasteiger partial charge in [-0.1, -0.05) is 25.5 Å². The number of esters is 1. The molecule has 4 nitrogen and oxygen atoms in total. The lowest BCUT2D eigenvalue weighted by atomic mass is 9.46. The molecule has 3 rings (SSSR count). The number of allylic oxidation sites excluding steroid dienone is 1. The Kier molecular flexibility index (Phi) is 5.40. The molecular weight excluding hydrogens is 328 g/mol. The van der Waals surface area contributed by atoms with Gasteiger partial charge < -0.3 is 13.9 Å². The molecule has 1 aromatic rings. The first kappa shape index (κ1) is 18.9. The van der Waals surface area contributed by atoms with Crippen molar-refractivity contribution in [3.8, 4) is 0 Å². The minimum Gasteiger partial charge on any atom is -0.472 e. The highest BCUT2D eigenvalue weighted by Gasteiger charge is 2.57. The van der Waals surface area contributed by atoms with E-state index < -0.39 is 0 Å². The van der Waals surface area contributed by atoms with Crippen LogP contribution in [-0.4, -0.2) is 18.9 Å². The van der Waals surface area contributed by atoms with Crippen molar-refractivity contribution < 1.29 is 18.7 Å². The third kappa shape index (κ3) is 3.38. The molecule has 2 fully saturated rings. The number of carbonyl (C=O) groups is 2. The number of aldehydes is 1. The van der Waals surface area contributed by atoms with Gasteiger partial charge >= 0.3 is 5.97 Å².